The molecule has 56 heavy (non-hydrogen) atoms. The average Bonchev–Trinajstić information content (AvgIpc) is 3.43. The first-order valence-corrected chi connectivity index (χ1v) is 22.2. The minimum atomic E-state index is -4.46. The van der Waals surface area contributed by atoms with Gasteiger partial charge in [-0.2, -0.15) is 0 Å². The molecule has 0 radical (unpaired) electrons. The van der Waals surface area contributed by atoms with Crippen molar-refractivity contribution in [3.8, 4) is 0 Å². The van der Waals surface area contributed by atoms with Crippen LogP contribution in [0.4, 0.5) is 0 Å². The first-order chi connectivity index (χ1) is 26.9. The van der Waals surface area contributed by atoms with E-state index < -0.39 is 44.7 Å². The minimum absolute atomic E-state index is 0.00403. The zero-order valence-corrected chi connectivity index (χ0v) is 35.4. The van der Waals surface area contributed by atoms with Gasteiger partial charge < -0.3 is 34.7 Å². The van der Waals surface area contributed by atoms with Crippen molar-refractivity contribution in [2.75, 3.05) is 26.4 Å². The van der Waals surface area contributed by atoms with Crippen LogP contribution in [0.5, 0.6) is 0 Å². The molecular weight excluding hydrogens is 737 g/mol. The molecule has 0 amide bonds. The molecule has 0 saturated carbocycles. The lowest BCUT2D eigenvalue weighted by Crippen LogP contribution is -2.29. The molecule has 0 spiro atoms. The van der Waals surface area contributed by atoms with Crippen LogP contribution in [0.15, 0.2) is 53.0 Å². The molecule has 0 fully saturated rings. The van der Waals surface area contributed by atoms with Crippen molar-refractivity contribution in [1.82, 2.24) is 0 Å². The van der Waals surface area contributed by atoms with Crippen LogP contribution >= 0.6 is 7.82 Å². The maximum atomic E-state index is 12.6. The van der Waals surface area contributed by atoms with Crippen molar-refractivity contribution in [2.24, 2.45) is 5.73 Å². The summed E-state index contributed by atoms with van der Waals surface area (Å²) < 4.78 is 38.7. The van der Waals surface area contributed by atoms with Gasteiger partial charge in [-0.15, -0.1) is 0 Å². The lowest BCUT2D eigenvalue weighted by molar-refractivity contribution is -0.161. The number of furan rings is 1. The predicted molar refractivity (Wildman–Crippen MR) is 221 cm³/mol. The number of nitrogens with two attached hydrogens (primary N) is 1. The summed E-state index contributed by atoms with van der Waals surface area (Å²) in [4.78, 5) is 34.9. The van der Waals surface area contributed by atoms with E-state index >= 15 is 0 Å². The Hall–Kier alpha value is -2.83. The first-order valence-electron chi connectivity index (χ1n) is 20.7. The summed E-state index contributed by atoms with van der Waals surface area (Å²) in [5.74, 6) is 1.09. The van der Waals surface area contributed by atoms with E-state index in [-0.39, 0.29) is 39.0 Å². The van der Waals surface area contributed by atoms with Gasteiger partial charge in [0.1, 0.15) is 18.1 Å². The van der Waals surface area contributed by atoms with Crippen LogP contribution in [0.2, 0.25) is 0 Å². The van der Waals surface area contributed by atoms with Crippen molar-refractivity contribution in [3.63, 3.8) is 0 Å². The molecule has 1 aromatic heterocycles. The molecule has 12 nitrogen and oxygen atoms in total. The molecule has 1 unspecified atom stereocenters. The van der Waals surface area contributed by atoms with Crippen LogP contribution in [-0.2, 0) is 45.5 Å². The fourth-order valence-corrected chi connectivity index (χ4v) is 6.46. The minimum Gasteiger partial charge on any atom is -0.466 e. The Bertz CT molecular complexity index is 1370. The van der Waals surface area contributed by atoms with E-state index in [9.17, 15) is 29.3 Å². The molecule has 1 rings (SSSR count). The van der Waals surface area contributed by atoms with E-state index in [4.69, 9.17) is 28.7 Å². The third-order valence-electron chi connectivity index (χ3n) is 9.08. The van der Waals surface area contributed by atoms with Gasteiger partial charge in [0.15, 0.2) is 6.10 Å². The molecule has 0 saturated heterocycles. The molecule has 1 aromatic rings. The number of carbonyl (C=O) groups is 2. The highest BCUT2D eigenvalue weighted by atomic mass is 31.2. The SMILES string of the molecule is CCCCC/C=C\C[C@H](O)/C=C/C=C/C=C\[C@H](O)CCCC(=O)O[C@H](COC(=O)CCCCCCCCc1oc(CCC)c(C)c1C)COP(=O)(O)OCCN. The number of hydrogen-bond donors (Lipinski definition) is 4. The quantitative estimate of drug-likeness (QED) is 0.0171. The third-order valence-corrected chi connectivity index (χ3v) is 10.1. The summed E-state index contributed by atoms with van der Waals surface area (Å²) in [7, 11) is -4.46. The highest BCUT2D eigenvalue weighted by molar-refractivity contribution is 7.47. The van der Waals surface area contributed by atoms with E-state index in [1.165, 1.54) is 24.0 Å². The molecular formula is C43H72NO11P. The summed E-state index contributed by atoms with van der Waals surface area (Å²) in [5.41, 5.74) is 7.87. The Labute approximate surface area is 336 Å². The lowest BCUT2D eigenvalue weighted by Gasteiger charge is -2.20. The van der Waals surface area contributed by atoms with Gasteiger partial charge in [-0.1, -0.05) is 101 Å². The second-order valence-corrected chi connectivity index (χ2v) is 15.6. The predicted octanol–water partition coefficient (Wildman–Crippen LogP) is 8.76. The highest BCUT2D eigenvalue weighted by Gasteiger charge is 2.26. The number of phosphoric acid groups is 1. The monoisotopic (exact) mass is 809 g/mol. The molecule has 5 N–H and O–H groups in total. The molecule has 320 valence electrons. The number of aryl methyl sites for hydroxylation is 2. The normalized spacial score (nSPS) is 14.9. The summed E-state index contributed by atoms with van der Waals surface area (Å²) in [6.07, 6.45) is 26.4. The van der Waals surface area contributed by atoms with E-state index in [2.05, 4.69) is 33.8 Å². The van der Waals surface area contributed by atoms with Gasteiger partial charge in [0.25, 0.3) is 0 Å². The van der Waals surface area contributed by atoms with Crippen LogP contribution in [0, 0.1) is 13.8 Å². The Balaban J connectivity index is 2.41. The zero-order valence-electron chi connectivity index (χ0n) is 34.5. The molecule has 0 aliphatic carbocycles. The Morgan fingerprint density at radius 2 is 1.39 bits per heavy atom. The number of aliphatic hydroxyl groups is 2. The number of allylic oxidation sites excluding steroid dienone is 5. The van der Waals surface area contributed by atoms with Crippen molar-refractivity contribution < 1.29 is 52.2 Å². The molecule has 4 atom stereocenters. The molecule has 0 bridgehead atoms. The summed E-state index contributed by atoms with van der Waals surface area (Å²) in [6, 6.07) is 0. The van der Waals surface area contributed by atoms with Gasteiger partial charge >= 0.3 is 19.8 Å². The van der Waals surface area contributed by atoms with Gasteiger partial charge in [-0.25, -0.2) is 4.57 Å². The van der Waals surface area contributed by atoms with Crippen LogP contribution in [0.25, 0.3) is 0 Å². The fourth-order valence-electron chi connectivity index (χ4n) is 5.70. The lowest BCUT2D eigenvalue weighted by atomic mass is 10.0. The molecule has 0 aromatic carbocycles. The number of esters is 2. The number of unbranched alkanes of at least 4 members (excludes halogenated alkanes) is 8. The fraction of sp³-hybridized carbons (Fsp3) is 0.674. The highest BCUT2D eigenvalue weighted by Crippen LogP contribution is 2.43. The Morgan fingerprint density at radius 1 is 0.750 bits per heavy atom. The zero-order chi connectivity index (χ0) is 41.4. The van der Waals surface area contributed by atoms with Crippen LogP contribution in [0.1, 0.15) is 139 Å². The van der Waals surface area contributed by atoms with Crippen molar-refractivity contribution in [1.29, 1.82) is 0 Å². The van der Waals surface area contributed by atoms with Gasteiger partial charge in [0, 0.05) is 32.2 Å². The summed E-state index contributed by atoms with van der Waals surface area (Å²) in [5, 5.41) is 20.3. The summed E-state index contributed by atoms with van der Waals surface area (Å²) >= 11 is 0. The number of rotatable bonds is 34. The van der Waals surface area contributed by atoms with E-state index in [0.29, 0.717) is 19.3 Å². The topological polar surface area (TPSA) is 188 Å². The van der Waals surface area contributed by atoms with Crippen molar-refractivity contribution in [2.45, 2.75) is 162 Å². The second kappa shape index (κ2) is 32.2. The van der Waals surface area contributed by atoms with Gasteiger partial charge in [-0.3, -0.25) is 18.6 Å². The third kappa shape index (κ3) is 26.2. The van der Waals surface area contributed by atoms with E-state index in [1.807, 2.05) is 6.08 Å². The van der Waals surface area contributed by atoms with Gasteiger partial charge in [0.05, 0.1) is 25.4 Å². The first kappa shape index (κ1) is 51.2. The van der Waals surface area contributed by atoms with Crippen LogP contribution < -0.4 is 5.73 Å². The molecule has 0 aliphatic heterocycles. The average molecular weight is 810 g/mol. The Kier molecular flexibility index (Phi) is 29.4. The molecule has 1 heterocycles. The number of ether oxygens (including phenoxy) is 2. The maximum absolute atomic E-state index is 12.6. The molecule has 0 aliphatic rings. The smallest absolute Gasteiger partial charge is 0.466 e. The number of aliphatic hydroxyl groups excluding tert-OH is 2. The largest absolute Gasteiger partial charge is 0.472 e. The summed E-state index contributed by atoms with van der Waals surface area (Å²) in [6.45, 7) is 7.49. The number of hydrogen-bond acceptors (Lipinski definition) is 11. The van der Waals surface area contributed by atoms with E-state index in [1.54, 1.807) is 36.5 Å². The second-order valence-electron chi connectivity index (χ2n) is 14.1. The van der Waals surface area contributed by atoms with Gasteiger partial charge in [-0.05, 0) is 76.3 Å². The Morgan fingerprint density at radius 3 is 2.07 bits per heavy atom. The van der Waals surface area contributed by atoms with Crippen LogP contribution in [-0.4, -0.2) is 71.7 Å². The maximum Gasteiger partial charge on any atom is 0.472 e. The standard InChI is InChI=1S/C43H72NO11P/c1-5-7-8-9-12-17-24-37(45)25-18-15-16-19-26-38(46)27-22-30-43(48)54-39(34-53-56(49,50)52-32-31-44)33-51-42(47)29-21-14-11-10-13-20-28-41-36(4)35(3)40(55-41)23-6-2/h12,15-19,25-26,37-39,45-46H,5-11,13-14,20-24,27-34,44H2,1-4H3,(H,49,50)/b16-15+,17-12-,25-18+,26-19-/t37-,38-,39+/m0/s1. The number of carbonyl (C=O) groups excluding carboxylic acids is 2. The number of phosphoric ester groups is 1. The van der Waals surface area contributed by atoms with Gasteiger partial charge in [0.2, 0.25) is 0 Å². The van der Waals surface area contributed by atoms with E-state index in [0.717, 1.165) is 75.7 Å². The molecule has 13 heteroatoms. The van der Waals surface area contributed by atoms with Crippen molar-refractivity contribution in [3.05, 3.63) is 71.3 Å². The van der Waals surface area contributed by atoms with Crippen molar-refractivity contribution >= 4 is 19.8 Å². The van der Waals surface area contributed by atoms with Crippen LogP contribution in [0.3, 0.4) is 0 Å².